The molecule has 2 aromatic heterocycles. The molecular formula is C21H20ClN3O2. The van der Waals surface area contributed by atoms with Crippen molar-refractivity contribution in [1.82, 2.24) is 9.88 Å². The topological polar surface area (TPSA) is 70.1 Å². The Balaban J connectivity index is 1.97. The lowest BCUT2D eigenvalue weighted by Gasteiger charge is -2.22. The summed E-state index contributed by atoms with van der Waals surface area (Å²) in [5.74, 6) is 0. The van der Waals surface area contributed by atoms with E-state index in [1.807, 2.05) is 31.2 Å². The third-order valence-electron chi connectivity index (χ3n) is 4.44. The SMILES string of the molecule is CCc1cc2oc(=O)cc(CN(CCC#N)Cc3cccnc3)c2cc1Cl. The van der Waals surface area contributed by atoms with Gasteiger partial charge in [-0.3, -0.25) is 9.88 Å². The predicted molar refractivity (Wildman–Crippen MR) is 105 cm³/mol. The van der Waals surface area contributed by atoms with Gasteiger partial charge in [-0.05, 0) is 41.3 Å². The normalized spacial score (nSPS) is 11.0. The van der Waals surface area contributed by atoms with Crippen molar-refractivity contribution in [3.8, 4) is 6.07 Å². The molecule has 3 aromatic rings. The third kappa shape index (κ3) is 4.73. The fourth-order valence-corrected chi connectivity index (χ4v) is 3.40. The van der Waals surface area contributed by atoms with Crippen LogP contribution in [0.4, 0.5) is 0 Å². The molecule has 0 amide bonds. The van der Waals surface area contributed by atoms with Gasteiger partial charge in [0.05, 0.1) is 6.07 Å². The van der Waals surface area contributed by atoms with E-state index >= 15 is 0 Å². The maximum atomic E-state index is 12.1. The molecule has 0 bridgehead atoms. The van der Waals surface area contributed by atoms with E-state index in [0.717, 1.165) is 28.5 Å². The van der Waals surface area contributed by atoms with E-state index in [1.54, 1.807) is 12.4 Å². The van der Waals surface area contributed by atoms with E-state index in [-0.39, 0.29) is 5.63 Å². The van der Waals surface area contributed by atoms with Gasteiger partial charge in [0.25, 0.3) is 0 Å². The molecule has 3 rings (SSSR count). The number of pyridine rings is 1. The fourth-order valence-electron chi connectivity index (χ4n) is 3.10. The van der Waals surface area contributed by atoms with E-state index in [2.05, 4.69) is 16.0 Å². The Morgan fingerprint density at radius 2 is 2.11 bits per heavy atom. The average molecular weight is 382 g/mol. The number of hydrogen-bond donors (Lipinski definition) is 0. The number of benzene rings is 1. The second-order valence-corrected chi connectivity index (χ2v) is 6.77. The Morgan fingerprint density at radius 3 is 2.81 bits per heavy atom. The van der Waals surface area contributed by atoms with E-state index in [9.17, 15) is 4.79 Å². The molecule has 6 heteroatoms. The molecule has 1 aromatic carbocycles. The van der Waals surface area contributed by atoms with E-state index in [0.29, 0.717) is 36.7 Å². The average Bonchev–Trinajstić information content (AvgIpc) is 2.67. The first-order valence-electron chi connectivity index (χ1n) is 8.84. The van der Waals surface area contributed by atoms with Gasteiger partial charge in [-0.2, -0.15) is 5.26 Å². The van der Waals surface area contributed by atoms with Crippen LogP contribution in [0.25, 0.3) is 11.0 Å². The summed E-state index contributed by atoms with van der Waals surface area (Å²) in [4.78, 5) is 18.3. The number of halogens is 1. The summed E-state index contributed by atoms with van der Waals surface area (Å²) in [6, 6.07) is 11.3. The Morgan fingerprint density at radius 1 is 1.26 bits per heavy atom. The number of nitrogens with zero attached hydrogens (tertiary/aromatic N) is 3. The van der Waals surface area contributed by atoms with Crippen LogP contribution in [0, 0.1) is 11.3 Å². The highest BCUT2D eigenvalue weighted by molar-refractivity contribution is 6.32. The summed E-state index contributed by atoms with van der Waals surface area (Å²) >= 11 is 6.38. The summed E-state index contributed by atoms with van der Waals surface area (Å²) in [5.41, 5.74) is 2.99. The van der Waals surface area contributed by atoms with Gasteiger partial charge in [-0.1, -0.05) is 24.6 Å². The van der Waals surface area contributed by atoms with Crippen LogP contribution < -0.4 is 5.63 Å². The monoisotopic (exact) mass is 381 g/mol. The first kappa shape index (κ1) is 19.1. The minimum atomic E-state index is -0.386. The van der Waals surface area contributed by atoms with Crippen LogP contribution in [0.2, 0.25) is 5.02 Å². The molecule has 27 heavy (non-hydrogen) atoms. The Labute approximate surface area is 162 Å². The maximum Gasteiger partial charge on any atom is 0.336 e. The van der Waals surface area contributed by atoms with Gasteiger partial charge < -0.3 is 4.42 Å². The molecule has 0 saturated carbocycles. The summed E-state index contributed by atoms with van der Waals surface area (Å²) in [6.07, 6.45) is 4.70. The van der Waals surface area contributed by atoms with Crippen molar-refractivity contribution in [2.75, 3.05) is 6.54 Å². The number of aromatic nitrogens is 1. The quantitative estimate of drug-likeness (QED) is 0.570. The molecule has 0 aliphatic heterocycles. The summed E-state index contributed by atoms with van der Waals surface area (Å²) in [6.45, 7) is 3.75. The molecular weight excluding hydrogens is 362 g/mol. The first-order valence-corrected chi connectivity index (χ1v) is 9.22. The van der Waals surface area contributed by atoms with Gasteiger partial charge in [0.15, 0.2) is 0 Å². The lowest BCUT2D eigenvalue weighted by molar-refractivity contribution is 0.263. The summed E-state index contributed by atoms with van der Waals surface area (Å²) < 4.78 is 5.39. The van der Waals surface area contributed by atoms with Gasteiger partial charge in [-0.15, -0.1) is 0 Å². The molecule has 0 saturated heterocycles. The lowest BCUT2D eigenvalue weighted by Crippen LogP contribution is -2.24. The number of rotatable bonds is 7. The fraction of sp³-hybridized carbons (Fsp3) is 0.286. The highest BCUT2D eigenvalue weighted by atomic mass is 35.5. The zero-order valence-corrected chi connectivity index (χ0v) is 15.9. The molecule has 0 aliphatic rings. The van der Waals surface area contributed by atoms with Gasteiger partial charge in [-0.25, -0.2) is 4.79 Å². The van der Waals surface area contributed by atoms with Crippen LogP contribution in [0.1, 0.15) is 30.0 Å². The van der Waals surface area contributed by atoms with Gasteiger partial charge in [0.1, 0.15) is 5.58 Å². The Hall–Kier alpha value is -2.68. The van der Waals surface area contributed by atoms with E-state index in [1.165, 1.54) is 6.07 Å². The first-order chi connectivity index (χ1) is 13.1. The molecule has 0 N–H and O–H groups in total. The number of aryl methyl sites for hydroxylation is 1. The number of hydrogen-bond acceptors (Lipinski definition) is 5. The zero-order chi connectivity index (χ0) is 19.2. The standard InChI is InChI=1S/C21H20ClN3O2/c1-2-16-9-20-18(11-19(16)22)17(10-21(26)27-20)14-25(8-4-6-23)13-15-5-3-7-24-12-15/h3,5,7,9-12H,2,4,8,13-14H2,1H3. The molecule has 0 atom stereocenters. The van der Waals surface area contributed by atoms with Gasteiger partial charge >= 0.3 is 5.63 Å². The van der Waals surface area contributed by atoms with Crippen molar-refractivity contribution >= 4 is 22.6 Å². The highest BCUT2D eigenvalue weighted by Crippen LogP contribution is 2.27. The molecule has 5 nitrogen and oxygen atoms in total. The lowest BCUT2D eigenvalue weighted by atomic mass is 10.1. The minimum Gasteiger partial charge on any atom is -0.423 e. The molecule has 2 heterocycles. The van der Waals surface area contributed by atoms with Crippen LogP contribution in [0.3, 0.4) is 0 Å². The molecule has 0 fully saturated rings. The summed E-state index contributed by atoms with van der Waals surface area (Å²) in [7, 11) is 0. The van der Waals surface area contributed by atoms with Crippen LogP contribution in [-0.4, -0.2) is 16.4 Å². The van der Waals surface area contributed by atoms with Crippen LogP contribution in [-0.2, 0) is 19.5 Å². The van der Waals surface area contributed by atoms with Crippen molar-refractivity contribution in [1.29, 1.82) is 5.26 Å². The molecule has 0 spiro atoms. The zero-order valence-electron chi connectivity index (χ0n) is 15.1. The third-order valence-corrected chi connectivity index (χ3v) is 4.79. The Kier molecular flexibility index (Phi) is 6.23. The smallest absolute Gasteiger partial charge is 0.336 e. The van der Waals surface area contributed by atoms with Gasteiger partial charge in [0, 0.05) is 54.9 Å². The molecule has 0 aliphatic carbocycles. The van der Waals surface area contributed by atoms with E-state index < -0.39 is 0 Å². The van der Waals surface area contributed by atoms with Crippen LogP contribution in [0.15, 0.2) is 51.9 Å². The van der Waals surface area contributed by atoms with E-state index in [4.69, 9.17) is 21.3 Å². The maximum absolute atomic E-state index is 12.1. The summed E-state index contributed by atoms with van der Waals surface area (Å²) in [5, 5.41) is 10.5. The predicted octanol–water partition coefficient (Wildman–Crippen LogP) is 4.32. The second-order valence-electron chi connectivity index (χ2n) is 6.36. The Bertz CT molecular complexity index is 1030. The number of fused-ring (bicyclic) bond motifs is 1. The molecule has 0 unspecified atom stereocenters. The molecule has 138 valence electrons. The van der Waals surface area contributed by atoms with Gasteiger partial charge in [0.2, 0.25) is 0 Å². The van der Waals surface area contributed by atoms with Crippen molar-refractivity contribution in [2.45, 2.75) is 32.9 Å². The van der Waals surface area contributed by atoms with Crippen molar-refractivity contribution in [3.05, 3.63) is 74.9 Å². The minimum absolute atomic E-state index is 0.386. The van der Waals surface area contributed by atoms with Crippen molar-refractivity contribution in [3.63, 3.8) is 0 Å². The van der Waals surface area contributed by atoms with Crippen LogP contribution in [0.5, 0.6) is 0 Å². The van der Waals surface area contributed by atoms with Crippen molar-refractivity contribution < 1.29 is 4.42 Å². The second kappa shape index (κ2) is 8.81. The largest absolute Gasteiger partial charge is 0.423 e. The number of nitriles is 1. The van der Waals surface area contributed by atoms with Crippen molar-refractivity contribution in [2.24, 2.45) is 0 Å². The highest BCUT2D eigenvalue weighted by Gasteiger charge is 2.14. The molecule has 0 radical (unpaired) electrons. The van der Waals surface area contributed by atoms with Crippen LogP contribution >= 0.6 is 11.6 Å².